The highest BCUT2D eigenvalue weighted by Crippen LogP contribution is 2.35. The summed E-state index contributed by atoms with van der Waals surface area (Å²) in [6.45, 7) is 1.88. The smallest absolute Gasteiger partial charge is 0.251 e. The molecular formula is C14H17N5O2. The predicted molar refractivity (Wildman–Crippen MR) is 75.0 cm³/mol. The molecular weight excluding hydrogens is 270 g/mol. The second-order valence-corrected chi connectivity index (χ2v) is 5.14. The fourth-order valence-corrected chi connectivity index (χ4v) is 2.15. The Balaban J connectivity index is 1.69. The second-order valence-electron chi connectivity index (χ2n) is 5.14. The van der Waals surface area contributed by atoms with E-state index in [0.29, 0.717) is 17.4 Å². The second kappa shape index (κ2) is 5.51. The van der Waals surface area contributed by atoms with Crippen LogP contribution in [0, 0.1) is 0 Å². The van der Waals surface area contributed by atoms with Crippen molar-refractivity contribution >= 4 is 5.91 Å². The highest BCUT2D eigenvalue weighted by Gasteiger charge is 2.29. The van der Waals surface area contributed by atoms with E-state index < -0.39 is 0 Å². The van der Waals surface area contributed by atoms with Crippen LogP contribution in [0.1, 0.15) is 48.0 Å². The van der Waals surface area contributed by atoms with E-state index in [1.54, 1.807) is 36.1 Å². The predicted octanol–water partition coefficient (Wildman–Crippen LogP) is 1.51. The van der Waals surface area contributed by atoms with E-state index in [1.165, 1.54) is 0 Å². The number of hydrogen-bond acceptors (Lipinski definition) is 5. The average Bonchev–Trinajstić information content (AvgIpc) is 3.24. The fraction of sp³-hybridized carbons (Fsp3) is 0.429. The summed E-state index contributed by atoms with van der Waals surface area (Å²) in [5.74, 6) is 1.26. The molecule has 0 radical (unpaired) electrons. The number of hydrogen-bond donors (Lipinski definition) is 1. The molecule has 2 aromatic rings. The summed E-state index contributed by atoms with van der Waals surface area (Å²) >= 11 is 0. The molecule has 0 spiro atoms. The highest BCUT2D eigenvalue weighted by atomic mass is 16.5. The van der Waals surface area contributed by atoms with Crippen molar-refractivity contribution in [2.75, 3.05) is 7.11 Å². The van der Waals surface area contributed by atoms with Crippen molar-refractivity contribution in [3.63, 3.8) is 0 Å². The van der Waals surface area contributed by atoms with Crippen molar-refractivity contribution in [1.82, 2.24) is 25.5 Å². The number of aromatic nitrogens is 4. The van der Waals surface area contributed by atoms with Gasteiger partial charge in [-0.1, -0.05) is 0 Å². The Bertz CT molecular complexity index is 633. The molecule has 1 amide bonds. The molecule has 0 aliphatic heterocycles. The Labute approximate surface area is 122 Å². The van der Waals surface area contributed by atoms with Crippen LogP contribution >= 0.6 is 0 Å². The van der Waals surface area contributed by atoms with Crippen LogP contribution in [0.2, 0.25) is 0 Å². The van der Waals surface area contributed by atoms with E-state index in [-0.39, 0.29) is 11.9 Å². The van der Waals surface area contributed by atoms with Crippen LogP contribution in [0.4, 0.5) is 0 Å². The van der Waals surface area contributed by atoms with Crippen molar-refractivity contribution in [2.24, 2.45) is 0 Å². The molecule has 1 heterocycles. The van der Waals surface area contributed by atoms with Crippen LogP contribution in [0.25, 0.3) is 0 Å². The number of rotatable bonds is 5. The molecule has 1 N–H and O–H groups in total. The van der Waals surface area contributed by atoms with E-state index in [4.69, 9.17) is 4.74 Å². The summed E-state index contributed by atoms with van der Waals surface area (Å²) in [7, 11) is 1.59. The van der Waals surface area contributed by atoms with Gasteiger partial charge in [0.15, 0.2) is 5.82 Å². The fourth-order valence-electron chi connectivity index (χ4n) is 2.15. The summed E-state index contributed by atoms with van der Waals surface area (Å²) in [6.07, 6.45) is 2.19. The summed E-state index contributed by atoms with van der Waals surface area (Å²) in [5.41, 5.74) is 0.577. The maximum atomic E-state index is 12.2. The summed E-state index contributed by atoms with van der Waals surface area (Å²) < 4.78 is 6.88. The minimum atomic E-state index is -0.241. The number of benzene rings is 1. The first-order valence-electron chi connectivity index (χ1n) is 6.91. The Morgan fingerprint density at radius 2 is 2.10 bits per heavy atom. The molecule has 1 fully saturated rings. The normalized spacial score (nSPS) is 15.5. The number of methoxy groups -OCH3 is 1. The Morgan fingerprint density at radius 3 is 2.71 bits per heavy atom. The standard InChI is InChI=1S/C14H17N5O2/c1-9(13-16-17-18-19(13)11-5-6-11)15-14(20)10-3-7-12(21-2)8-4-10/h3-4,7-9,11H,5-6H2,1-2H3,(H,15,20)/t9-/m0/s1. The van der Waals surface area contributed by atoms with Crippen LogP contribution in [0.5, 0.6) is 5.75 Å². The maximum absolute atomic E-state index is 12.2. The lowest BCUT2D eigenvalue weighted by molar-refractivity contribution is 0.0937. The van der Waals surface area contributed by atoms with Gasteiger partial charge in [0.25, 0.3) is 5.91 Å². The SMILES string of the molecule is COc1ccc(C(=O)N[C@@H](C)c2nnnn2C2CC2)cc1. The van der Waals surface area contributed by atoms with E-state index in [2.05, 4.69) is 20.8 Å². The molecule has 7 heteroatoms. The van der Waals surface area contributed by atoms with Gasteiger partial charge in [-0.2, -0.15) is 0 Å². The highest BCUT2D eigenvalue weighted by molar-refractivity contribution is 5.94. The van der Waals surface area contributed by atoms with E-state index >= 15 is 0 Å². The molecule has 21 heavy (non-hydrogen) atoms. The Kier molecular flexibility index (Phi) is 3.55. The first kappa shape index (κ1) is 13.5. The summed E-state index contributed by atoms with van der Waals surface area (Å²) in [6, 6.07) is 7.11. The monoisotopic (exact) mass is 287 g/mol. The van der Waals surface area contributed by atoms with Gasteiger partial charge in [-0.05, 0) is 54.5 Å². The molecule has 0 unspecified atom stereocenters. The zero-order valence-corrected chi connectivity index (χ0v) is 12.0. The van der Waals surface area contributed by atoms with Gasteiger partial charge in [-0.25, -0.2) is 4.68 Å². The first-order valence-corrected chi connectivity index (χ1v) is 6.91. The Morgan fingerprint density at radius 1 is 1.38 bits per heavy atom. The lowest BCUT2D eigenvalue weighted by Crippen LogP contribution is -2.28. The molecule has 0 bridgehead atoms. The molecule has 1 atom stereocenters. The van der Waals surface area contributed by atoms with Crippen LogP contribution in [-0.4, -0.2) is 33.2 Å². The number of nitrogens with one attached hydrogen (secondary N) is 1. The number of amides is 1. The lowest BCUT2D eigenvalue weighted by Gasteiger charge is -2.13. The van der Waals surface area contributed by atoms with Crippen molar-refractivity contribution in [3.05, 3.63) is 35.7 Å². The zero-order valence-electron chi connectivity index (χ0n) is 12.0. The van der Waals surface area contributed by atoms with Gasteiger partial charge in [0, 0.05) is 5.56 Å². The van der Waals surface area contributed by atoms with E-state index in [1.807, 2.05) is 6.92 Å². The molecule has 110 valence electrons. The minimum absolute atomic E-state index is 0.157. The van der Waals surface area contributed by atoms with Crippen molar-refractivity contribution in [3.8, 4) is 5.75 Å². The zero-order chi connectivity index (χ0) is 14.8. The number of carbonyl (C=O) groups is 1. The van der Waals surface area contributed by atoms with E-state index in [0.717, 1.165) is 18.6 Å². The third-order valence-corrected chi connectivity index (χ3v) is 3.50. The van der Waals surface area contributed by atoms with Crippen LogP contribution in [0.3, 0.4) is 0 Å². The Hall–Kier alpha value is -2.44. The number of tetrazole rings is 1. The molecule has 1 saturated carbocycles. The molecule has 3 rings (SSSR count). The summed E-state index contributed by atoms with van der Waals surface area (Å²) in [4.78, 5) is 12.2. The third kappa shape index (κ3) is 2.86. The molecule has 0 saturated heterocycles. The quantitative estimate of drug-likeness (QED) is 0.901. The third-order valence-electron chi connectivity index (χ3n) is 3.50. The van der Waals surface area contributed by atoms with Crippen LogP contribution in [-0.2, 0) is 0 Å². The van der Waals surface area contributed by atoms with Gasteiger partial charge in [0.1, 0.15) is 5.75 Å². The van der Waals surface area contributed by atoms with Gasteiger partial charge < -0.3 is 10.1 Å². The number of nitrogens with zero attached hydrogens (tertiary/aromatic N) is 4. The van der Waals surface area contributed by atoms with Gasteiger partial charge in [-0.15, -0.1) is 5.10 Å². The molecule has 1 aromatic heterocycles. The number of ether oxygens (including phenoxy) is 1. The first-order chi connectivity index (χ1) is 10.2. The van der Waals surface area contributed by atoms with Gasteiger partial charge >= 0.3 is 0 Å². The molecule has 1 aliphatic carbocycles. The maximum Gasteiger partial charge on any atom is 0.251 e. The van der Waals surface area contributed by atoms with Crippen molar-refractivity contribution in [1.29, 1.82) is 0 Å². The summed E-state index contributed by atoms with van der Waals surface area (Å²) in [5, 5.41) is 14.6. The average molecular weight is 287 g/mol. The van der Waals surface area contributed by atoms with Crippen molar-refractivity contribution in [2.45, 2.75) is 31.8 Å². The van der Waals surface area contributed by atoms with E-state index in [9.17, 15) is 4.79 Å². The largest absolute Gasteiger partial charge is 0.497 e. The van der Waals surface area contributed by atoms with Crippen LogP contribution in [0.15, 0.2) is 24.3 Å². The van der Waals surface area contributed by atoms with Gasteiger partial charge in [-0.3, -0.25) is 4.79 Å². The molecule has 1 aromatic carbocycles. The van der Waals surface area contributed by atoms with Gasteiger partial charge in [0.2, 0.25) is 0 Å². The molecule has 1 aliphatic rings. The molecule has 7 nitrogen and oxygen atoms in total. The topological polar surface area (TPSA) is 81.9 Å². The van der Waals surface area contributed by atoms with Crippen molar-refractivity contribution < 1.29 is 9.53 Å². The minimum Gasteiger partial charge on any atom is -0.497 e. The van der Waals surface area contributed by atoms with Gasteiger partial charge in [0.05, 0.1) is 19.2 Å². The lowest BCUT2D eigenvalue weighted by atomic mass is 10.2. The van der Waals surface area contributed by atoms with Crippen LogP contribution < -0.4 is 10.1 Å². The number of carbonyl (C=O) groups excluding carboxylic acids is 1.